The van der Waals surface area contributed by atoms with Crippen molar-refractivity contribution >= 4 is 11.6 Å². The van der Waals surface area contributed by atoms with E-state index in [1.54, 1.807) is 0 Å². The van der Waals surface area contributed by atoms with E-state index >= 15 is 0 Å². The van der Waals surface area contributed by atoms with Gasteiger partial charge in [0.25, 0.3) is 5.91 Å². The van der Waals surface area contributed by atoms with Crippen LogP contribution >= 0.6 is 0 Å². The van der Waals surface area contributed by atoms with E-state index in [0.717, 1.165) is 54.0 Å². The molecule has 0 radical (unpaired) electrons. The Bertz CT molecular complexity index is 1080. The molecule has 0 atom stereocenters. The zero-order chi connectivity index (χ0) is 21.3. The molecule has 1 amide bonds. The van der Waals surface area contributed by atoms with Gasteiger partial charge in [0.15, 0.2) is 5.69 Å². The SMILES string of the molecule is Cc1ccc(-n2nc(C(=O)NN3CCCCC3)c(C)c2-c2cccc(N)c2)c(C)c1. The molecule has 2 aromatic carbocycles. The lowest BCUT2D eigenvalue weighted by atomic mass is 10.0. The van der Waals surface area contributed by atoms with E-state index in [2.05, 4.69) is 37.5 Å². The number of aromatic nitrogens is 2. The number of amides is 1. The molecule has 0 bridgehead atoms. The van der Waals surface area contributed by atoms with E-state index in [9.17, 15) is 4.79 Å². The van der Waals surface area contributed by atoms with Crippen molar-refractivity contribution in [2.75, 3.05) is 18.8 Å². The summed E-state index contributed by atoms with van der Waals surface area (Å²) in [5.41, 5.74) is 16.1. The van der Waals surface area contributed by atoms with Crippen LogP contribution in [0.5, 0.6) is 0 Å². The van der Waals surface area contributed by atoms with Crippen LogP contribution in [0.15, 0.2) is 42.5 Å². The number of nitrogens with two attached hydrogens (primary N) is 1. The molecule has 156 valence electrons. The summed E-state index contributed by atoms with van der Waals surface area (Å²) >= 11 is 0. The van der Waals surface area contributed by atoms with Crippen molar-refractivity contribution in [3.63, 3.8) is 0 Å². The monoisotopic (exact) mass is 403 g/mol. The number of carbonyl (C=O) groups excluding carboxylic acids is 1. The van der Waals surface area contributed by atoms with Gasteiger partial charge in [0.2, 0.25) is 0 Å². The second-order valence-electron chi connectivity index (χ2n) is 8.14. The number of benzene rings is 2. The minimum Gasteiger partial charge on any atom is -0.399 e. The van der Waals surface area contributed by atoms with E-state index in [-0.39, 0.29) is 5.91 Å². The molecule has 0 unspecified atom stereocenters. The molecule has 6 nitrogen and oxygen atoms in total. The summed E-state index contributed by atoms with van der Waals surface area (Å²) in [4.78, 5) is 13.1. The number of hydrogen-bond donors (Lipinski definition) is 2. The van der Waals surface area contributed by atoms with Crippen LogP contribution in [0.3, 0.4) is 0 Å². The normalized spacial score (nSPS) is 14.6. The summed E-state index contributed by atoms with van der Waals surface area (Å²) in [7, 11) is 0. The molecule has 6 heteroatoms. The standard InChI is InChI=1S/C24H29N5O/c1-16-10-11-21(17(2)14-16)29-23(19-8-7-9-20(25)15-19)18(3)22(26-29)24(30)27-28-12-5-4-6-13-28/h7-11,14-15H,4-6,12-13,25H2,1-3H3,(H,27,30). The topological polar surface area (TPSA) is 76.2 Å². The van der Waals surface area contributed by atoms with Gasteiger partial charge < -0.3 is 5.73 Å². The highest BCUT2D eigenvalue weighted by Crippen LogP contribution is 2.31. The number of carbonyl (C=O) groups is 1. The summed E-state index contributed by atoms with van der Waals surface area (Å²) < 4.78 is 1.88. The molecule has 3 aromatic rings. The van der Waals surface area contributed by atoms with Crippen molar-refractivity contribution in [1.29, 1.82) is 0 Å². The summed E-state index contributed by atoms with van der Waals surface area (Å²) in [6.07, 6.45) is 3.42. The lowest BCUT2D eigenvalue weighted by Gasteiger charge is -2.26. The Hall–Kier alpha value is -3.12. The number of anilines is 1. The zero-order valence-electron chi connectivity index (χ0n) is 17.9. The van der Waals surface area contributed by atoms with Gasteiger partial charge in [-0.25, -0.2) is 9.69 Å². The van der Waals surface area contributed by atoms with Gasteiger partial charge in [0.05, 0.1) is 11.4 Å². The third kappa shape index (κ3) is 3.96. The molecule has 1 aliphatic rings. The third-order valence-corrected chi connectivity index (χ3v) is 5.69. The van der Waals surface area contributed by atoms with Crippen LogP contribution in [-0.4, -0.2) is 33.8 Å². The molecule has 2 heterocycles. The summed E-state index contributed by atoms with van der Waals surface area (Å²) in [5.74, 6) is -0.164. The fraction of sp³-hybridized carbons (Fsp3) is 0.333. The Labute approximate surface area is 177 Å². The molecular formula is C24H29N5O. The van der Waals surface area contributed by atoms with Gasteiger partial charge in [-0.05, 0) is 57.4 Å². The number of nitrogens with zero attached hydrogens (tertiary/aromatic N) is 3. The van der Waals surface area contributed by atoms with E-state index < -0.39 is 0 Å². The van der Waals surface area contributed by atoms with Crippen LogP contribution in [0.4, 0.5) is 5.69 Å². The van der Waals surface area contributed by atoms with Gasteiger partial charge in [-0.1, -0.05) is 36.2 Å². The van der Waals surface area contributed by atoms with Gasteiger partial charge in [-0.15, -0.1) is 0 Å². The maximum Gasteiger partial charge on any atom is 0.286 e. The van der Waals surface area contributed by atoms with Crippen LogP contribution in [0, 0.1) is 20.8 Å². The number of nitrogen functional groups attached to an aromatic ring is 1. The highest BCUT2D eigenvalue weighted by molar-refractivity contribution is 5.95. The number of hydrazine groups is 1. The fourth-order valence-electron chi connectivity index (χ4n) is 4.16. The van der Waals surface area contributed by atoms with Crippen LogP contribution in [0.25, 0.3) is 16.9 Å². The number of aryl methyl sites for hydroxylation is 2. The number of rotatable bonds is 4. The summed E-state index contributed by atoms with van der Waals surface area (Å²) in [6.45, 7) is 7.85. The van der Waals surface area contributed by atoms with Crippen molar-refractivity contribution < 1.29 is 4.79 Å². The third-order valence-electron chi connectivity index (χ3n) is 5.69. The maximum atomic E-state index is 13.1. The smallest absolute Gasteiger partial charge is 0.286 e. The molecule has 0 spiro atoms. The number of hydrogen-bond acceptors (Lipinski definition) is 4. The van der Waals surface area contributed by atoms with Gasteiger partial charge >= 0.3 is 0 Å². The Morgan fingerprint density at radius 3 is 2.50 bits per heavy atom. The van der Waals surface area contributed by atoms with Crippen molar-refractivity contribution in [3.8, 4) is 16.9 Å². The molecule has 1 saturated heterocycles. The van der Waals surface area contributed by atoms with Crippen molar-refractivity contribution in [2.24, 2.45) is 0 Å². The van der Waals surface area contributed by atoms with Crippen LogP contribution in [0.1, 0.15) is 46.4 Å². The van der Waals surface area contributed by atoms with Crippen molar-refractivity contribution in [1.82, 2.24) is 20.2 Å². The highest BCUT2D eigenvalue weighted by atomic mass is 16.2. The Balaban J connectivity index is 1.81. The number of nitrogens with one attached hydrogen (secondary N) is 1. The average molecular weight is 404 g/mol. The van der Waals surface area contributed by atoms with Crippen molar-refractivity contribution in [2.45, 2.75) is 40.0 Å². The first-order valence-electron chi connectivity index (χ1n) is 10.5. The number of piperidine rings is 1. The molecule has 1 fully saturated rings. The lowest BCUT2D eigenvalue weighted by molar-refractivity contribution is 0.0743. The lowest BCUT2D eigenvalue weighted by Crippen LogP contribution is -2.45. The van der Waals surface area contributed by atoms with E-state index in [4.69, 9.17) is 10.8 Å². The van der Waals surface area contributed by atoms with Crippen LogP contribution in [0.2, 0.25) is 0 Å². The van der Waals surface area contributed by atoms with Crippen LogP contribution < -0.4 is 11.2 Å². The first-order chi connectivity index (χ1) is 14.4. The Kier molecular flexibility index (Phi) is 5.59. The molecule has 0 aliphatic carbocycles. The fourth-order valence-corrected chi connectivity index (χ4v) is 4.16. The first-order valence-corrected chi connectivity index (χ1v) is 10.5. The van der Waals surface area contributed by atoms with Gasteiger partial charge in [0.1, 0.15) is 0 Å². The van der Waals surface area contributed by atoms with E-state index in [1.165, 1.54) is 12.0 Å². The quantitative estimate of drug-likeness (QED) is 0.641. The second kappa shape index (κ2) is 8.32. The van der Waals surface area contributed by atoms with E-state index in [0.29, 0.717) is 11.4 Å². The molecule has 0 saturated carbocycles. The molecule has 1 aromatic heterocycles. The summed E-state index contributed by atoms with van der Waals surface area (Å²) in [6, 6.07) is 14.0. The maximum absolute atomic E-state index is 13.1. The van der Waals surface area contributed by atoms with Crippen LogP contribution in [-0.2, 0) is 0 Å². The van der Waals surface area contributed by atoms with Gasteiger partial charge in [0, 0.05) is 29.9 Å². The Morgan fingerprint density at radius 2 is 1.80 bits per heavy atom. The summed E-state index contributed by atoms with van der Waals surface area (Å²) in [5, 5.41) is 6.78. The first kappa shape index (κ1) is 20.2. The predicted molar refractivity (Wildman–Crippen MR) is 121 cm³/mol. The average Bonchev–Trinajstić information content (AvgIpc) is 3.06. The predicted octanol–water partition coefficient (Wildman–Crippen LogP) is 4.18. The molecule has 1 aliphatic heterocycles. The van der Waals surface area contributed by atoms with Crippen molar-refractivity contribution in [3.05, 3.63) is 64.8 Å². The minimum atomic E-state index is -0.164. The van der Waals surface area contributed by atoms with Gasteiger partial charge in [-0.2, -0.15) is 5.10 Å². The molecule has 30 heavy (non-hydrogen) atoms. The van der Waals surface area contributed by atoms with Gasteiger partial charge in [-0.3, -0.25) is 10.2 Å². The molecule has 4 rings (SSSR count). The molecule has 3 N–H and O–H groups in total. The largest absolute Gasteiger partial charge is 0.399 e. The minimum absolute atomic E-state index is 0.164. The Morgan fingerprint density at radius 1 is 1.03 bits per heavy atom. The second-order valence-corrected chi connectivity index (χ2v) is 8.14. The zero-order valence-corrected chi connectivity index (χ0v) is 17.9. The molecular weight excluding hydrogens is 374 g/mol. The highest BCUT2D eigenvalue weighted by Gasteiger charge is 2.24. The van der Waals surface area contributed by atoms with E-state index in [1.807, 2.05) is 40.9 Å².